The number of rotatable bonds is 5. The number of carbonyl (C=O) groups is 1. The fraction of sp³-hybridized carbons (Fsp3) is 0.300. The van der Waals surface area contributed by atoms with Crippen LogP contribution in [0.25, 0.3) is 0 Å². The molecule has 0 aromatic carbocycles. The summed E-state index contributed by atoms with van der Waals surface area (Å²) in [5.41, 5.74) is -0.193. The summed E-state index contributed by atoms with van der Waals surface area (Å²) < 4.78 is 2.55. The molecule has 0 amide bonds. The Kier molecular flexibility index (Phi) is 3.80. The van der Waals surface area contributed by atoms with E-state index in [9.17, 15) is 9.59 Å². The van der Waals surface area contributed by atoms with Crippen LogP contribution in [-0.4, -0.2) is 21.1 Å². The first kappa shape index (κ1) is 12.1. The van der Waals surface area contributed by atoms with Crippen molar-refractivity contribution in [2.45, 2.75) is 29.3 Å². The van der Waals surface area contributed by atoms with E-state index in [1.54, 1.807) is 10.6 Å². The molecule has 0 fully saturated rings. The van der Waals surface area contributed by atoms with Gasteiger partial charge in [-0.15, -0.1) is 16.4 Å². The van der Waals surface area contributed by atoms with Gasteiger partial charge in [-0.05, 0) is 30.3 Å². The second-order valence-corrected chi connectivity index (χ2v) is 5.72. The van der Waals surface area contributed by atoms with Gasteiger partial charge in [0.15, 0.2) is 11.4 Å². The number of aldehydes is 1. The van der Waals surface area contributed by atoms with E-state index >= 15 is 0 Å². The van der Waals surface area contributed by atoms with Crippen molar-refractivity contribution in [2.24, 2.45) is 0 Å². The Bertz CT molecular complexity index is 570. The first-order valence-electron chi connectivity index (χ1n) is 5.12. The van der Waals surface area contributed by atoms with Crippen molar-refractivity contribution >= 4 is 29.4 Å². The number of nitrogens with zero attached hydrogens (tertiary/aromatic N) is 2. The van der Waals surface area contributed by atoms with Crippen LogP contribution in [0.5, 0.6) is 0 Å². The highest BCUT2D eigenvalue weighted by atomic mass is 32.2. The fourth-order valence-corrected chi connectivity index (χ4v) is 3.27. The van der Waals surface area contributed by atoms with E-state index in [4.69, 9.17) is 0 Å². The van der Waals surface area contributed by atoms with Crippen molar-refractivity contribution in [3.05, 3.63) is 27.5 Å². The van der Waals surface area contributed by atoms with Gasteiger partial charge in [0.2, 0.25) is 0 Å². The minimum atomic E-state index is -0.193. The fourth-order valence-electron chi connectivity index (χ4n) is 1.34. The highest BCUT2D eigenvalue weighted by Crippen LogP contribution is 2.31. The molecule has 2 heterocycles. The lowest BCUT2D eigenvalue weighted by atomic mass is 10.5. The normalized spacial score (nSPS) is 10.6. The molecule has 0 unspecified atom stereocenters. The Balaban J connectivity index is 2.23. The molecule has 5 nitrogen and oxygen atoms in total. The predicted molar refractivity (Wildman–Crippen MR) is 67.0 cm³/mol. The third-order valence-corrected chi connectivity index (χ3v) is 4.22. The number of carbonyl (C=O) groups excluding carboxylic acids is 1. The van der Waals surface area contributed by atoms with Crippen LogP contribution in [0.4, 0.5) is 0 Å². The van der Waals surface area contributed by atoms with Gasteiger partial charge in [0, 0.05) is 6.54 Å². The van der Waals surface area contributed by atoms with Crippen molar-refractivity contribution in [1.29, 1.82) is 0 Å². The molecule has 1 N–H and O–H groups in total. The highest BCUT2D eigenvalue weighted by Gasteiger charge is 2.10. The molecule has 0 saturated heterocycles. The van der Waals surface area contributed by atoms with Crippen molar-refractivity contribution in [1.82, 2.24) is 14.8 Å². The lowest BCUT2D eigenvalue weighted by molar-refractivity contribution is 0.112. The smallest absolute Gasteiger partial charge is 0.297 e. The van der Waals surface area contributed by atoms with E-state index in [2.05, 4.69) is 10.2 Å². The van der Waals surface area contributed by atoms with Crippen LogP contribution in [0.2, 0.25) is 0 Å². The van der Waals surface area contributed by atoms with E-state index in [0.717, 1.165) is 16.9 Å². The van der Waals surface area contributed by atoms with Gasteiger partial charge in [0.25, 0.3) is 0 Å². The minimum Gasteiger partial charge on any atom is -0.297 e. The molecule has 90 valence electrons. The third kappa shape index (κ3) is 2.67. The van der Waals surface area contributed by atoms with Crippen LogP contribution in [0.1, 0.15) is 23.0 Å². The Morgan fingerprint density at radius 3 is 3.06 bits per heavy atom. The molecule has 0 aliphatic carbocycles. The Labute approximate surface area is 106 Å². The molecule has 0 aliphatic rings. The minimum absolute atomic E-state index is 0.193. The highest BCUT2D eigenvalue weighted by molar-refractivity contribution is 8.01. The molecule has 2 rings (SSSR count). The zero-order valence-electron chi connectivity index (χ0n) is 9.17. The van der Waals surface area contributed by atoms with Gasteiger partial charge in [-0.3, -0.25) is 9.36 Å². The van der Waals surface area contributed by atoms with Crippen LogP contribution in [0.3, 0.4) is 0 Å². The Hall–Kier alpha value is -1.34. The van der Waals surface area contributed by atoms with Crippen LogP contribution in [-0.2, 0) is 6.54 Å². The van der Waals surface area contributed by atoms with Crippen LogP contribution in [0, 0.1) is 0 Å². The van der Waals surface area contributed by atoms with Gasteiger partial charge in [0.05, 0.1) is 9.09 Å². The molecule has 0 radical (unpaired) electrons. The van der Waals surface area contributed by atoms with Gasteiger partial charge in [0.1, 0.15) is 0 Å². The molecule has 0 spiro atoms. The average Bonchev–Trinajstić information content (AvgIpc) is 2.91. The van der Waals surface area contributed by atoms with Gasteiger partial charge in [-0.2, -0.15) is 0 Å². The summed E-state index contributed by atoms with van der Waals surface area (Å²) in [5, 5.41) is 7.04. The average molecular weight is 269 g/mol. The number of aromatic amines is 1. The zero-order valence-corrected chi connectivity index (χ0v) is 10.8. The number of aromatic nitrogens is 3. The lowest BCUT2D eigenvalue weighted by Crippen LogP contribution is -2.17. The second kappa shape index (κ2) is 5.33. The Morgan fingerprint density at radius 2 is 2.41 bits per heavy atom. The first-order chi connectivity index (χ1) is 8.24. The summed E-state index contributed by atoms with van der Waals surface area (Å²) in [6.07, 6.45) is 1.69. The van der Waals surface area contributed by atoms with E-state index < -0.39 is 0 Å². The summed E-state index contributed by atoms with van der Waals surface area (Å²) in [6, 6.07) is 3.61. The summed E-state index contributed by atoms with van der Waals surface area (Å²) >= 11 is 2.78. The van der Waals surface area contributed by atoms with Crippen molar-refractivity contribution in [2.75, 3.05) is 0 Å². The lowest BCUT2D eigenvalue weighted by Gasteiger charge is -2.00. The van der Waals surface area contributed by atoms with Crippen molar-refractivity contribution in [3.63, 3.8) is 0 Å². The molecule has 0 saturated carbocycles. The molecule has 17 heavy (non-hydrogen) atoms. The largest absolute Gasteiger partial charge is 0.343 e. The standard InChI is InChI=1S/C10H11N3O2S2/c1-2-5-13-9(15)11-12-10(13)17-8-4-3-7(6-14)16-8/h3-4,6H,2,5H2,1H3,(H,11,15). The molecule has 7 heteroatoms. The van der Waals surface area contributed by atoms with E-state index in [-0.39, 0.29) is 5.69 Å². The molecule has 0 aliphatic heterocycles. The number of hydrogen-bond acceptors (Lipinski definition) is 5. The van der Waals surface area contributed by atoms with E-state index in [1.807, 2.05) is 13.0 Å². The van der Waals surface area contributed by atoms with Crippen molar-refractivity contribution < 1.29 is 4.79 Å². The molecular weight excluding hydrogens is 258 g/mol. The molecule has 0 bridgehead atoms. The summed E-state index contributed by atoms with van der Waals surface area (Å²) in [7, 11) is 0. The molecular formula is C10H11N3O2S2. The number of nitrogens with one attached hydrogen (secondary N) is 1. The quantitative estimate of drug-likeness (QED) is 0.843. The number of H-pyrrole nitrogens is 1. The Morgan fingerprint density at radius 1 is 1.59 bits per heavy atom. The summed E-state index contributed by atoms with van der Waals surface area (Å²) in [4.78, 5) is 22.7. The first-order valence-corrected chi connectivity index (χ1v) is 6.76. The van der Waals surface area contributed by atoms with Crippen LogP contribution in [0.15, 0.2) is 26.3 Å². The topological polar surface area (TPSA) is 67.8 Å². The maximum absolute atomic E-state index is 11.5. The predicted octanol–water partition coefficient (Wildman–Crippen LogP) is 2.01. The zero-order chi connectivity index (χ0) is 12.3. The van der Waals surface area contributed by atoms with Gasteiger partial charge >= 0.3 is 5.69 Å². The van der Waals surface area contributed by atoms with Gasteiger partial charge in [-0.1, -0.05) is 6.92 Å². The van der Waals surface area contributed by atoms with E-state index in [1.165, 1.54) is 23.1 Å². The van der Waals surface area contributed by atoms with Gasteiger partial charge < -0.3 is 0 Å². The van der Waals surface area contributed by atoms with E-state index in [0.29, 0.717) is 16.6 Å². The molecule has 0 atom stereocenters. The summed E-state index contributed by atoms with van der Waals surface area (Å²) in [6.45, 7) is 2.65. The molecule has 2 aromatic heterocycles. The van der Waals surface area contributed by atoms with Gasteiger partial charge in [-0.25, -0.2) is 9.89 Å². The second-order valence-electron chi connectivity index (χ2n) is 3.34. The molecule has 2 aromatic rings. The monoisotopic (exact) mass is 269 g/mol. The van der Waals surface area contributed by atoms with Crippen LogP contribution >= 0.6 is 23.1 Å². The van der Waals surface area contributed by atoms with Crippen molar-refractivity contribution in [3.8, 4) is 0 Å². The SMILES string of the molecule is CCCn1c(Sc2ccc(C=O)s2)n[nH]c1=O. The number of hydrogen-bond donors (Lipinski definition) is 1. The number of thiophene rings is 1. The summed E-state index contributed by atoms with van der Waals surface area (Å²) in [5.74, 6) is 0. The maximum Gasteiger partial charge on any atom is 0.343 e. The maximum atomic E-state index is 11.5. The van der Waals surface area contributed by atoms with Crippen LogP contribution < -0.4 is 5.69 Å². The third-order valence-electron chi connectivity index (χ3n) is 2.08.